The first-order chi connectivity index (χ1) is 27.0. The average molecular weight is 789 g/mol. The Balaban J connectivity index is 1.06. The number of unbranched alkanes of at least 4 members (excludes halogenated alkanes) is 1. The summed E-state index contributed by atoms with van der Waals surface area (Å²) in [5.41, 5.74) is 2.82. The number of carbonyl (C=O) groups excluding carboxylic acids is 2. The van der Waals surface area contributed by atoms with Crippen LogP contribution in [-0.4, -0.2) is 62.8 Å². The van der Waals surface area contributed by atoms with Crippen molar-refractivity contribution in [3.8, 4) is 5.75 Å². The van der Waals surface area contributed by atoms with Crippen molar-refractivity contribution in [3.63, 3.8) is 0 Å². The Hall–Kier alpha value is -4.04. The first kappa shape index (κ1) is 43.7. The van der Waals surface area contributed by atoms with Crippen LogP contribution < -0.4 is 14.5 Å². The van der Waals surface area contributed by atoms with Crippen molar-refractivity contribution < 1.29 is 19.1 Å². The zero-order valence-corrected chi connectivity index (χ0v) is 34.1. The molecule has 0 saturated carbocycles. The summed E-state index contributed by atoms with van der Waals surface area (Å²) in [6.45, 7) is 7.45. The summed E-state index contributed by atoms with van der Waals surface area (Å²) in [4.78, 5) is 31.7. The SMILES string of the molecule is CC/C=C\C/C=C\C/C=C\C/C=C\C/C=C\C/C=C\CCC(=O)OCN1C(=O)CCc2ccc(OCCCCN3CCN(c4cccc(Cl)c4Cl)CC3)cc21. The molecule has 2 aliphatic heterocycles. The number of esters is 1. The first-order valence-electron chi connectivity index (χ1n) is 20.0. The molecular formula is C46H59Cl2N3O4. The molecule has 2 aromatic carbocycles. The van der Waals surface area contributed by atoms with Crippen LogP contribution >= 0.6 is 23.2 Å². The summed E-state index contributed by atoms with van der Waals surface area (Å²) in [7, 11) is 0. The number of piperazine rings is 1. The molecule has 0 N–H and O–H groups in total. The number of aryl methyl sites for hydroxylation is 1. The van der Waals surface area contributed by atoms with Crippen LogP contribution in [0.15, 0.2) is 109 Å². The summed E-state index contributed by atoms with van der Waals surface area (Å²) < 4.78 is 11.6. The van der Waals surface area contributed by atoms with Crippen molar-refractivity contribution in [3.05, 3.63) is 125 Å². The van der Waals surface area contributed by atoms with Gasteiger partial charge in [0.25, 0.3) is 0 Å². The van der Waals surface area contributed by atoms with Crippen LogP contribution in [0.25, 0.3) is 0 Å². The molecule has 0 aliphatic carbocycles. The Morgan fingerprint density at radius 3 is 2.04 bits per heavy atom. The lowest BCUT2D eigenvalue weighted by Crippen LogP contribution is -2.46. The molecule has 1 saturated heterocycles. The van der Waals surface area contributed by atoms with Gasteiger partial charge in [0.05, 0.1) is 28.0 Å². The number of halogens is 2. The van der Waals surface area contributed by atoms with E-state index in [9.17, 15) is 9.59 Å². The Bertz CT molecular complexity index is 1660. The van der Waals surface area contributed by atoms with E-state index in [0.29, 0.717) is 35.9 Å². The molecule has 9 heteroatoms. The van der Waals surface area contributed by atoms with Crippen molar-refractivity contribution in [2.24, 2.45) is 0 Å². The maximum Gasteiger partial charge on any atom is 0.307 e. The van der Waals surface area contributed by atoms with Gasteiger partial charge in [-0.15, -0.1) is 0 Å². The third kappa shape index (κ3) is 16.3. The smallest absolute Gasteiger partial charge is 0.307 e. The van der Waals surface area contributed by atoms with E-state index in [1.54, 1.807) is 4.90 Å². The van der Waals surface area contributed by atoms with Gasteiger partial charge < -0.3 is 14.4 Å². The van der Waals surface area contributed by atoms with E-state index in [1.807, 2.05) is 42.5 Å². The molecule has 1 fully saturated rings. The molecule has 55 heavy (non-hydrogen) atoms. The standard InChI is InChI=1S/C46H59Cl2N3O4/c1-2-3-4-5-6-7-8-9-10-11-12-13-14-15-16-17-18-19-20-26-45(53)55-38-51-43-37-40(29-27-39(43)28-30-44(51)52)54-36-22-21-31-49-32-34-50(35-33-49)42-25-23-24-41(47)46(42)48/h3-4,6-7,9-10,12-13,15-16,18-19,23-25,27,29,37H,2,5,8,11,14,17,20-22,26,28,30-36,38H2,1H3/b4-3-,7-6-,10-9-,13-12-,16-15-,19-18-. The minimum absolute atomic E-state index is 0.0489. The van der Waals surface area contributed by atoms with Crippen molar-refractivity contribution in [2.75, 3.05) is 55.9 Å². The number of nitrogens with zero attached hydrogens (tertiary/aromatic N) is 3. The minimum Gasteiger partial charge on any atom is -0.494 e. The molecule has 0 atom stereocenters. The fourth-order valence-electron chi connectivity index (χ4n) is 6.37. The third-order valence-electron chi connectivity index (χ3n) is 9.50. The number of rotatable bonds is 23. The Morgan fingerprint density at radius 2 is 1.38 bits per heavy atom. The number of anilines is 2. The highest BCUT2D eigenvalue weighted by molar-refractivity contribution is 6.43. The van der Waals surface area contributed by atoms with E-state index in [4.69, 9.17) is 32.7 Å². The van der Waals surface area contributed by atoms with Gasteiger partial charge >= 0.3 is 5.97 Å². The number of allylic oxidation sites excluding steroid dienone is 12. The number of carbonyl (C=O) groups is 2. The van der Waals surface area contributed by atoms with Crippen LogP contribution in [0.5, 0.6) is 5.75 Å². The second kappa shape index (κ2) is 25.9. The second-order valence-corrected chi connectivity index (χ2v) is 14.5. The van der Waals surface area contributed by atoms with Crippen molar-refractivity contribution in [2.45, 2.75) is 84.0 Å². The Labute approximate surface area is 339 Å². The molecule has 0 spiro atoms. The number of hydrogen-bond acceptors (Lipinski definition) is 6. The average Bonchev–Trinajstić information content (AvgIpc) is 3.19. The maximum atomic E-state index is 12.8. The molecule has 7 nitrogen and oxygen atoms in total. The molecule has 296 valence electrons. The van der Waals surface area contributed by atoms with Gasteiger partial charge in [0.15, 0.2) is 6.73 Å². The van der Waals surface area contributed by atoms with Gasteiger partial charge in [-0.2, -0.15) is 0 Å². The van der Waals surface area contributed by atoms with E-state index in [2.05, 4.69) is 83.6 Å². The number of amides is 1. The summed E-state index contributed by atoms with van der Waals surface area (Å²) in [5, 5.41) is 1.21. The van der Waals surface area contributed by atoms with Crippen LogP contribution in [0.1, 0.15) is 83.1 Å². The van der Waals surface area contributed by atoms with E-state index < -0.39 is 0 Å². The van der Waals surface area contributed by atoms with Gasteiger partial charge in [0, 0.05) is 45.1 Å². The maximum absolute atomic E-state index is 12.8. The van der Waals surface area contributed by atoms with Gasteiger partial charge in [-0.1, -0.05) is 115 Å². The number of ether oxygens (including phenoxy) is 2. The molecule has 2 aromatic rings. The summed E-state index contributed by atoms with van der Waals surface area (Å²) in [6.07, 6.45) is 35.6. The first-order valence-corrected chi connectivity index (χ1v) is 20.7. The Morgan fingerprint density at radius 1 is 0.745 bits per heavy atom. The Kier molecular flexibility index (Phi) is 20.6. The summed E-state index contributed by atoms with van der Waals surface area (Å²) in [5.74, 6) is 0.350. The summed E-state index contributed by atoms with van der Waals surface area (Å²) >= 11 is 12.6. The normalized spacial score (nSPS) is 15.6. The molecule has 2 aliphatic rings. The molecule has 1 amide bonds. The largest absolute Gasteiger partial charge is 0.494 e. The number of benzene rings is 2. The van der Waals surface area contributed by atoms with Crippen LogP contribution in [0.3, 0.4) is 0 Å². The lowest BCUT2D eigenvalue weighted by atomic mass is 10.0. The predicted octanol–water partition coefficient (Wildman–Crippen LogP) is 11.2. The highest BCUT2D eigenvalue weighted by Gasteiger charge is 2.26. The fourth-order valence-corrected chi connectivity index (χ4v) is 6.79. The van der Waals surface area contributed by atoms with Crippen LogP contribution in [0, 0.1) is 0 Å². The van der Waals surface area contributed by atoms with Crippen molar-refractivity contribution in [1.82, 2.24) is 4.90 Å². The van der Waals surface area contributed by atoms with Gasteiger partial charge in [0.1, 0.15) is 5.75 Å². The fraction of sp³-hybridized carbons (Fsp3) is 0.435. The van der Waals surface area contributed by atoms with Gasteiger partial charge in [0.2, 0.25) is 5.91 Å². The number of fused-ring (bicyclic) bond motifs is 1. The van der Waals surface area contributed by atoms with E-state index in [1.165, 1.54) is 0 Å². The molecule has 0 aromatic heterocycles. The third-order valence-corrected chi connectivity index (χ3v) is 10.3. The monoisotopic (exact) mass is 787 g/mol. The lowest BCUT2D eigenvalue weighted by molar-refractivity contribution is -0.144. The zero-order valence-electron chi connectivity index (χ0n) is 32.6. The van der Waals surface area contributed by atoms with Gasteiger partial charge in [-0.05, 0) is 94.5 Å². The van der Waals surface area contributed by atoms with Crippen molar-refractivity contribution >= 4 is 46.5 Å². The van der Waals surface area contributed by atoms with Crippen LogP contribution in [0.2, 0.25) is 10.0 Å². The molecular weight excluding hydrogens is 729 g/mol. The highest BCUT2D eigenvalue weighted by Crippen LogP contribution is 2.33. The molecule has 4 rings (SSSR count). The van der Waals surface area contributed by atoms with Gasteiger partial charge in [-0.3, -0.25) is 19.4 Å². The van der Waals surface area contributed by atoms with Crippen molar-refractivity contribution in [1.29, 1.82) is 0 Å². The highest BCUT2D eigenvalue weighted by atomic mass is 35.5. The van der Waals surface area contributed by atoms with Gasteiger partial charge in [-0.25, -0.2) is 0 Å². The zero-order chi connectivity index (χ0) is 38.9. The minimum atomic E-state index is -0.318. The number of hydrogen-bond donors (Lipinski definition) is 0. The molecule has 0 unspecified atom stereocenters. The quantitative estimate of drug-likeness (QED) is 0.0635. The molecule has 0 radical (unpaired) electrons. The lowest BCUT2D eigenvalue weighted by Gasteiger charge is -2.36. The summed E-state index contributed by atoms with van der Waals surface area (Å²) in [6, 6.07) is 11.7. The van der Waals surface area contributed by atoms with E-state index >= 15 is 0 Å². The predicted molar refractivity (Wildman–Crippen MR) is 231 cm³/mol. The van der Waals surface area contributed by atoms with E-state index in [0.717, 1.165) is 107 Å². The topological polar surface area (TPSA) is 62.3 Å². The molecule has 2 heterocycles. The van der Waals surface area contributed by atoms with Crippen LogP contribution in [0.4, 0.5) is 11.4 Å². The second-order valence-electron chi connectivity index (χ2n) is 13.7. The van der Waals surface area contributed by atoms with E-state index in [-0.39, 0.29) is 25.0 Å². The molecule has 0 bridgehead atoms. The van der Waals surface area contributed by atoms with Crippen LogP contribution in [-0.2, 0) is 20.7 Å².